The van der Waals surface area contributed by atoms with Crippen molar-refractivity contribution in [2.45, 2.75) is 17.7 Å². The molecular formula is C17H24F2N2O3S. The maximum absolute atomic E-state index is 13.4. The molecule has 1 atom stereocenters. The molecule has 2 aliphatic rings. The van der Waals surface area contributed by atoms with Gasteiger partial charge in [0, 0.05) is 45.3 Å². The number of methoxy groups -OCH3 is 1. The van der Waals surface area contributed by atoms with Crippen LogP contribution in [0.5, 0.6) is 0 Å². The second kappa shape index (κ2) is 6.90. The Labute approximate surface area is 147 Å². The van der Waals surface area contributed by atoms with Crippen LogP contribution < -0.4 is 0 Å². The van der Waals surface area contributed by atoms with E-state index in [0.717, 1.165) is 38.1 Å². The molecule has 2 saturated heterocycles. The zero-order chi connectivity index (χ0) is 18.2. The summed E-state index contributed by atoms with van der Waals surface area (Å²) >= 11 is 0. The summed E-state index contributed by atoms with van der Waals surface area (Å²) < 4.78 is 58.9. The quantitative estimate of drug-likeness (QED) is 0.808. The fourth-order valence-corrected chi connectivity index (χ4v) is 5.78. The molecule has 0 radical (unpaired) electrons. The van der Waals surface area contributed by atoms with Crippen LogP contribution >= 0.6 is 0 Å². The van der Waals surface area contributed by atoms with E-state index in [1.165, 1.54) is 4.31 Å². The van der Waals surface area contributed by atoms with Crippen molar-refractivity contribution in [3.8, 4) is 0 Å². The fourth-order valence-electron chi connectivity index (χ4n) is 4.30. The Morgan fingerprint density at radius 2 is 1.80 bits per heavy atom. The Morgan fingerprint density at radius 1 is 1.20 bits per heavy atom. The summed E-state index contributed by atoms with van der Waals surface area (Å²) in [5.74, 6) is -1.40. The highest BCUT2D eigenvalue weighted by molar-refractivity contribution is 7.89. The number of hydrogen-bond donors (Lipinski definition) is 0. The molecule has 2 fully saturated rings. The number of hydrogen-bond acceptors (Lipinski definition) is 4. The van der Waals surface area contributed by atoms with Gasteiger partial charge < -0.3 is 9.64 Å². The van der Waals surface area contributed by atoms with Gasteiger partial charge in [-0.05, 0) is 37.4 Å². The Bertz CT molecular complexity index is 713. The van der Waals surface area contributed by atoms with Crippen molar-refractivity contribution in [2.75, 3.05) is 46.9 Å². The average molecular weight is 374 g/mol. The van der Waals surface area contributed by atoms with Gasteiger partial charge in [0.2, 0.25) is 10.0 Å². The van der Waals surface area contributed by atoms with Crippen LogP contribution in [-0.4, -0.2) is 64.6 Å². The molecule has 2 heterocycles. The van der Waals surface area contributed by atoms with Gasteiger partial charge >= 0.3 is 0 Å². The number of benzene rings is 1. The van der Waals surface area contributed by atoms with Crippen molar-refractivity contribution < 1.29 is 21.9 Å². The lowest BCUT2D eigenvalue weighted by molar-refractivity contribution is 0.0569. The number of nitrogens with zero attached hydrogens (tertiary/aromatic N) is 2. The average Bonchev–Trinajstić information content (AvgIpc) is 2.82. The lowest BCUT2D eigenvalue weighted by Gasteiger charge is -2.42. The number of likely N-dealkylation sites (tertiary alicyclic amines) is 1. The molecule has 3 rings (SSSR count). The minimum atomic E-state index is -3.89. The molecule has 1 aromatic rings. The predicted octanol–water partition coefficient (Wildman–Crippen LogP) is 1.94. The molecule has 2 aliphatic heterocycles. The van der Waals surface area contributed by atoms with Crippen LogP contribution in [0.2, 0.25) is 0 Å². The van der Waals surface area contributed by atoms with Gasteiger partial charge in [-0.2, -0.15) is 4.31 Å². The number of rotatable bonds is 4. The van der Waals surface area contributed by atoms with Crippen LogP contribution in [0.25, 0.3) is 0 Å². The number of piperidine rings is 1. The van der Waals surface area contributed by atoms with Gasteiger partial charge in [0.05, 0.1) is 11.5 Å². The highest BCUT2D eigenvalue weighted by Gasteiger charge is 2.48. The van der Waals surface area contributed by atoms with Gasteiger partial charge in [-0.15, -0.1) is 0 Å². The molecule has 0 amide bonds. The molecule has 1 unspecified atom stereocenters. The van der Waals surface area contributed by atoms with Gasteiger partial charge in [-0.25, -0.2) is 17.2 Å². The SMILES string of the molecule is COCC1CN(C)CC12CCN(S(=O)(=O)c1cc(F)cc(F)c1)CC2. The Hall–Kier alpha value is -1.09. The molecule has 25 heavy (non-hydrogen) atoms. The highest BCUT2D eigenvalue weighted by atomic mass is 32.2. The predicted molar refractivity (Wildman–Crippen MR) is 89.6 cm³/mol. The summed E-state index contributed by atoms with van der Waals surface area (Å²) in [5.41, 5.74) is 0.0456. The summed E-state index contributed by atoms with van der Waals surface area (Å²) in [7, 11) is -0.138. The van der Waals surface area contributed by atoms with Gasteiger partial charge in [-0.1, -0.05) is 0 Å². The van der Waals surface area contributed by atoms with Crippen molar-refractivity contribution in [3.63, 3.8) is 0 Å². The summed E-state index contributed by atoms with van der Waals surface area (Å²) in [4.78, 5) is 1.94. The first kappa shape index (κ1) is 18.7. The van der Waals surface area contributed by atoms with Gasteiger partial charge in [-0.3, -0.25) is 0 Å². The van der Waals surface area contributed by atoms with Crippen molar-refractivity contribution in [3.05, 3.63) is 29.8 Å². The van der Waals surface area contributed by atoms with E-state index in [9.17, 15) is 17.2 Å². The van der Waals surface area contributed by atoms with Crippen molar-refractivity contribution >= 4 is 10.0 Å². The molecule has 0 aromatic heterocycles. The van der Waals surface area contributed by atoms with Gasteiger partial charge in [0.1, 0.15) is 11.6 Å². The third-order valence-corrected chi connectivity index (χ3v) is 7.42. The summed E-state index contributed by atoms with van der Waals surface area (Å²) in [6.07, 6.45) is 1.45. The van der Waals surface area contributed by atoms with Crippen LogP contribution in [0.1, 0.15) is 12.8 Å². The molecule has 1 aromatic carbocycles. The number of halogens is 2. The fraction of sp³-hybridized carbons (Fsp3) is 0.647. The third kappa shape index (κ3) is 3.58. The van der Waals surface area contributed by atoms with E-state index in [-0.39, 0.29) is 10.3 Å². The maximum atomic E-state index is 13.4. The van der Waals surface area contributed by atoms with E-state index in [1.54, 1.807) is 7.11 Å². The lowest BCUT2D eigenvalue weighted by atomic mass is 9.71. The van der Waals surface area contributed by atoms with E-state index in [4.69, 9.17) is 4.74 Å². The largest absolute Gasteiger partial charge is 0.384 e. The summed E-state index contributed by atoms with van der Waals surface area (Å²) in [5, 5.41) is 0. The topological polar surface area (TPSA) is 49.9 Å². The number of sulfonamides is 1. The maximum Gasteiger partial charge on any atom is 0.243 e. The van der Waals surface area contributed by atoms with E-state index < -0.39 is 21.7 Å². The van der Waals surface area contributed by atoms with E-state index in [0.29, 0.717) is 31.7 Å². The Kier molecular flexibility index (Phi) is 5.16. The van der Waals surface area contributed by atoms with Gasteiger partial charge in [0.25, 0.3) is 0 Å². The van der Waals surface area contributed by atoms with Crippen LogP contribution in [0.15, 0.2) is 23.1 Å². The molecule has 0 bridgehead atoms. The smallest absolute Gasteiger partial charge is 0.243 e. The standard InChI is InChI=1S/C17H24F2N2O3S/c1-20-10-13(11-24-2)17(12-20)3-5-21(6-4-17)25(22,23)16-8-14(18)7-15(19)9-16/h7-9,13H,3-6,10-12H2,1-2H3. The lowest BCUT2D eigenvalue weighted by Crippen LogP contribution is -2.47. The first-order chi connectivity index (χ1) is 11.8. The summed E-state index contributed by atoms with van der Waals surface area (Å²) in [6.45, 7) is 3.23. The molecule has 1 spiro atoms. The third-order valence-electron chi connectivity index (χ3n) is 5.54. The van der Waals surface area contributed by atoms with Crippen LogP contribution in [0.4, 0.5) is 8.78 Å². The zero-order valence-electron chi connectivity index (χ0n) is 14.5. The summed E-state index contributed by atoms with van der Waals surface area (Å²) in [6, 6.07) is 2.42. The Morgan fingerprint density at radius 3 is 2.36 bits per heavy atom. The van der Waals surface area contributed by atoms with Crippen LogP contribution in [0.3, 0.4) is 0 Å². The Balaban J connectivity index is 1.77. The van der Waals surface area contributed by atoms with Crippen molar-refractivity contribution in [1.29, 1.82) is 0 Å². The molecule has 0 saturated carbocycles. The zero-order valence-corrected chi connectivity index (χ0v) is 15.4. The van der Waals surface area contributed by atoms with E-state index in [2.05, 4.69) is 11.9 Å². The second-order valence-corrected chi connectivity index (χ2v) is 9.16. The van der Waals surface area contributed by atoms with E-state index >= 15 is 0 Å². The molecule has 5 nitrogen and oxygen atoms in total. The monoisotopic (exact) mass is 374 g/mol. The normalized spacial score (nSPS) is 24.9. The van der Waals surface area contributed by atoms with Gasteiger partial charge in [0.15, 0.2) is 0 Å². The van der Waals surface area contributed by atoms with Crippen molar-refractivity contribution in [2.24, 2.45) is 11.3 Å². The first-order valence-corrected chi connectivity index (χ1v) is 9.84. The highest BCUT2D eigenvalue weighted by Crippen LogP contribution is 2.45. The minimum Gasteiger partial charge on any atom is -0.384 e. The van der Waals surface area contributed by atoms with E-state index in [1.807, 2.05) is 0 Å². The number of ether oxygens (including phenoxy) is 1. The first-order valence-electron chi connectivity index (χ1n) is 8.40. The molecule has 0 N–H and O–H groups in total. The minimum absolute atomic E-state index is 0.0456. The molecule has 8 heteroatoms. The molecule has 140 valence electrons. The van der Waals surface area contributed by atoms with Crippen molar-refractivity contribution in [1.82, 2.24) is 9.21 Å². The molecular weight excluding hydrogens is 350 g/mol. The van der Waals surface area contributed by atoms with Crippen LogP contribution in [0, 0.1) is 23.0 Å². The molecule has 0 aliphatic carbocycles. The second-order valence-electron chi connectivity index (χ2n) is 7.22. The van der Waals surface area contributed by atoms with Crippen LogP contribution in [-0.2, 0) is 14.8 Å².